The zero-order valence-electron chi connectivity index (χ0n) is 12.0. The van der Waals surface area contributed by atoms with Gasteiger partial charge in [0.25, 0.3) is 0 Å². The number of aliphatic hydroxyl groups excluding tert-OH is 1. The first-order valence-corrected chi connectivity index (χ1v) is 5.87. The Morgan fingerprint density at radius 1 is 1.19 bits per heavy atom. The minimum Gasteiger partial charge on any atom is -0.478 e. The Morgan fingerprint density at radius 3 is 2.00 bits per heavy atom. The van der Waals surface area contributed by atoms with Gasteiger partial charge in [-0.1, -0.05) is 19.2 Å². The van der Waals surface area contributed by atoms with Crippen LogP contribution < -0.4 is 0 Å². The standard InChI is InChI=1S/C10H14O5.C4H6O2/c1-3-9(12)15-6-8(11)5-4-7(2)10(13)14;1-3(2)4(5)6/h3-4,8,11H,1,5-6H2,2H3,(H,13,14);1H2,2H3,(H,5,6). The molecule has 0 amide bonds. The van der Waals surface area contributed by atoms with Crippen LogP contribution in [-0.4, -0.2) is 45.9 Å². The zero-order valence-corrected chi connectivity index (χ0v) is 12.0. The summed E-state index contributed by atoms with van der Waals surface area (Å²) in [5.41, 5.74) is 0.319. The highest BCUT2D eigenvalue weighted by Crippen LogP contribution is 2.00. The Kier molecular flexibility index (Phi) is 11.4. The second kappa shape index (κ2) is 11.4. The van der Waals surface area contributed by atoms with Gasteiger partial charge in [0, 0.05) is 17.2 Å². The molecule has 1 unspecified atom stereocenters. The summed E-state index contributed by atoms with van der Waals surface area (Å²) in [5.74, 6) is -2.59. The average molecular weight is 300 g/mol. The van der Waals surface area contributed by atoms with Crippen molar-refractivity contribution in [2.24, 2.45) is 0 Å². The van der Waals surface area contributed by atoms with Crippen molar-refractivity contribution in [3.05, 3.63) is 36.5 Å². The molecule has 0 aliphatic carbocycles. The Hall–Kier alpha value is -2.41. The molecule has 0 aromatic heterocycles. The minimum atomic E-state index is -1.04. The van der Waals surface area contributed by atoms with Crippen molar-refractivity contribution < 1.29 is 34.4 Å². The van der Waals surface area contributed by atoms with Crippen LogP contribution in [0.4, 0.5) is 0 Å². The molecular formula is C14H20O7. The molecule has 118 valence electrons. The van der Waals surface area contributed by atoms with Crippen LogP contribution in [0, 0.1) is 0 Å². The van der Waals surface area contributed by atoms with Crippen molar-refractivity contribution in [2.45, 2.75) is 26.4 Å². The molecule has 0 aromatic carbocycles. The number of rotatable bonds is 7. The van der Waals surface area contributed by atoms with Gasteiger partial charge in [0.1, 0.15) is 6.61 Å². The van der Waals surface area contributed by atoms with Crippen LogP contribution in [0.25, 0.3) is 0 Å². The molecule has 0 aliphatic heterocycles. The molecule has 0 fully saturated rings. The van der Waals surface area contributed by atoms with Gasteiger partial charge in [0.2, 0.25) is 0 Å². The van der Waals surface area contributed by atoms with Gasteiger partial charge in [-0.2, -0.15) is 0 Å². The first-order chi connectivity index (χ1) is 9.61. The quantitative estimate of drug-likeness (QED) is 0.476. The van der Waals surface area contributed by atoms with Gasteiger partial charge in [-0.15, -0.1) is 0 Å². The maximum absolute atomic E-state index is 10.6. The van der Waals surface area contributed by atoms with Gasteiger partial charge >= 0.3 is 17.9 Å². The maximum Gasteiger partial charge on any atom is 0.330 e. The molecule has 0 heterocycles. The molecule has 0 rings (SSSR count). The van der Waals surface area contributed by atoms with E-state index in [2.05, 4.69) is 17.9 Å². The van der Waals surface area contributed by atoms with Gasteiger partial charge in [-0.3, -0.25) is 0 Å². The minimum absolute atomic E-state index is 0.128. The van der Waals surface area contributed by atoms with Crippen LogP contribution in [0.1, 0.15) is 20.3 Å². The number of carbonyl (C=O) groups is 3. The fourth-order valence-electron chi connectivity index (χ4n) is 0.705. The number of hydrogen-bond donors (Lipinski definition) is 3. The first kappa shape index (κ1) is 20.9. The van der Waals surface area contributed by atoms with Crippen molar-refractivity contribution in [1.82, 2.24) is 0 Å². The average Bonchev–Trinajstić information content (AvgIpc) is 2.42. The van der Waals surface area contributed by atoms with Crippen LogP contribution in [0.2, 0.25) is 0 Å². The molecule has 7 nitrogen and oxygen atoms in total. The summed E-state index contributed by atoms with van der Waals surface area (Å²) in [6.07, 6.45) is 1.59. The molecule has 0 radical (unpaired) electrons. The maximum atomic E-state index is 10.6. The van der Waals surface area contributed by atoms with Crippen molar-refractivity contribution in [3.8, 4) is 0 Å². The second-order valence-corrected chi connectivity index (χ2v) is 4.00. The van der Waals surface area contributed by atoms with Gasteiger partial charge in [-0.25, -0.2) is 14.4 Å². The number of ether oxygens (including phenoxy) is 1. The van der Waals surface area contributed by atoms with E-state index in [1.165, 1.54) is 19.9 Å². The third kappa shape index (κ3) is 13.8. The third-order valence-corrected chi connectivity index (χ3v) is 1.98. The lowest BCUT2D eigenvalue weighted by Crippen LogP contribution is -2.17. The molecule has 0 saturated carbocycles. The van der Waals surface area contributed by atoms with E-state index in [1.807, 2.05) is 0 Å². The van der Waals surface area contributed by atoms with Crippen LogP contribution in [0.5, 0.6) is 0 Å². The van der Waals surface area contributed by atoms with E-state index in [1.54, 1.807) is 0 Å². The number of aliphatic hydroxyl groups is 1. The van der Waals surface area contributed by atoms with E-state index < -0.39 is 24.0 Å². The largest absolute Gasteiger partial charge is 0.478 e. The van der Waals surface area contributed by atoms with Gasteiger partial charge < -0.3 is 20.1 Å². The molecule has 0 aromatic rings. The molecule has 0 bridgehead atoms. The predicted molar refractivity (Wildman–Crippen MR) is 75.6 cm³/mol. The van der Waals surface area contributed by atoms with Crippen molar-refractivity contribution in [1.29, 1.82) is 0 Å². The van der Waals surface area contributed by atoms with E-state index in [9.17, 15) is 19.5 Å². The van der Waals surface area contributed by atoms with E-state index in [-0.39, 0.29) is 24.2 Å². The first-order valence-electron chi connectivity index (χ1n) is 5.87. The monoisotopic (exact) mass is 300 g/mol. The van der Waals surface area contributed by atoms with E-state index in [0.717, 1.165) is 6.08 Å². The van der Waals surface area contributed by atoms with Crippen LogP contribution >= 0.6 is 0 Å². The molecule has 7 heteroatoms. The smallest absolute Gasteiger partial charge is 0.330 e. The summed E-state index contributed by atoms with van der Waals surface area (Å²) < 4.78 is 4.56. The highest BCUT2D eigenvalue weighted by Gasteiger charge is 2.06. The number of esters is 1. The number of carboxylic acid groups (broad SMARTS) is 2. The van der Waals surface area contributed by atoms with Gasteiger partial charge in [0.05, 0.1) is 6.10 Å². The summed E-state index contributed by atoms with van der Waals surface area (Å²) in [4.78, 5) is 30.6. The second-order valence-electron chi connectivity index (χ2n) is 4.00. The summed E-state index contributed by atoms with van der Waals surface area (Å²) in [6, 6.07) is 0. The number of carbonyl (C=O) groups excluding carboxylic acids is 1. The van der Waals surface area contributed by atoms with Gasteiger partial charge in [0.15, 0.2) is 0 Å². The summed E-state index contributed by atoms with van der Waals surface area (Å²) in [7, 11) is 0. The van der Waals surface area contributed by atoms with Crippen molar-refractivity contribution in [3.63, 3.8) is 0 Å². The number of hydrogen-bond acceptors (Lipinski definition) is 5. The lowest BCUT2D eigenvalue weighted by atomic mass is 10.2. The van der Waals surface area contributed by atoms with Crippen molar-refractivity contribution in [2.75, 3.05) is 6.61 Å². The molecule has 21 heavy (non-hydrogen) atoms. The Bertz CT molecular complexity index is 423. The Balaban J connectivity index is 0. The molecule has 3 N–H and O–H groups in total. The Labute approximate surface area is 122 Å². The normalized spacial score (nSPS) is 11.5. The molecule has 0 spiro atoms. The number of carboxylic acids is 2. The lowest BCUT2D eigenvalue weighted by Gasteiger charge is -2.07. The predicted octanol–water partition coefficient (Wildman–Crippen LogP) is 1.14. The van der Waals surface area contributed by atoms with Crippen LogP contribution in [0.15, 0.2) is 36.5 Å². The SMILES string of the molecule is C=C(C)C(=O)O.C=CC(=O)OCC(O)CC=C(C)C(=O)O. The third-order valence-electron chi connectivity index (χ3n) is 1.98. The zero-order chi connectivity index (χ0) is 17.0. The molecule has 0 saturated heterocycles. The van der Waals surface area contributed by atoms with Crippen LogP contribution in [0.3, 0.4) is 0 Å². The molecule has 1 atom stereocenters. The van der Waals surface area contributed by atoms with Crippen molar-refractivity contribution >= 4 is 17.9 Å². The van der Waals surface area contributed by atoms with E-state index in [4.69, 9.17) is 10.2 Å². The highest BCUT2D eigenvalue weighted by atomic mass is 16.5. The van der Waals surface area contributed by atoms with E-state index >= 15 is 0 Å². The topological polar surface area (TPSA) is 121 Å². The highest BCUT2D eigenvalue weighted by molar-refractivity contribution is 5.85. The summed E-state index contributed by atoms with van der Waals surface area (Å²) in [5, 5.41) is 25.7. The van der Waals surface area contributed by atoms with Gasteiger partial charge in [-0.05, 0) is 20.3 Å². The summed E-state index contributed by atoms with van der Waals surface area (Å²) >= 11 is 0. The molecular weight excluding hydrogens is 280 g/mol. The van der Waals surface area contributed by atoms with Crippen LogP contribution in [-0.2, 0) is 19.1 Å². The Morgan fingerprint density at radius 2 is 1.67 bits per heavy atom. The van der Waals surface area contributed by atoms with E-state index in [0.29, 0.717) is 0 Å². The fraction of sp³-hybridized carbons (Fsp3) is 0.357. The lowest BCUT2D eigenvalue weighted by molar-refractivity contribution is -0.140. The number of aliphatic carboxylic acids is 2. The fourth-order valence-corrected chi connectivity index (χ4v) is 0.705. The molecule has 0 aliphatic rings. The summed E-state index contributed by atoms with van der Waals surface area (Å²) in [6.45, 7) is 9.04.